The molecule has 27 heavy (non-hydrogen) atoms. The van der Waals surface area contributed by atoms with Gasteiger partial charge >= 0.3 is 0 Å². The molecule has 1 fully saturated rings. The van der Waals surface area contributed by atoms with Crippen molar-refractivity contribution < 1.29 is 13.2 Å². The highest BCUT2D eigenvalue weighted by Gasteiger charge is 2.32. The normalized spacial score (nSPS) is 17.3. The zero-order valence-corrected chi connectivity index (χ0v) is 18.9. The Bertz CT molecular complexity index is 757. The van der Waals surface area contributed by atoms with E-state index in [1.165, 1.54) is 4.31 Å². The van der Waals surface area contributed by atoms with E-state index in [0.29, 0.717) is 32.5 Å². The molecule has 0 radical (unpaired) electrons. The molecule has 1 heterocycles. The summed E-state index contributed by atoms with van der Waals surface area (Å²) in [5, 5.41) is 3.05. The van der Waals surface area contributed by atoms with Crippen LogP contribution in [0, 0.1) is 11.3 Å². The van der Waals surface area contributed by atoms with Gasteiger partial charge in [-0.2, -0.15) is 4.31 Å². The third-order valence-electron chi connectivity index (χ3n) is 4.74. The summed E-state index contributed by atoms with van der Waals surface area (Å²) in [7, 11) is 0.521. The number of amides is 1. The van der Waals surface area contributed by atoms with E-state index in [9.17, 15) is 13.2 Å². The van der Waals surface area contributed by atoms with Crippen LogP contribution in [0.2, 0.25) is 0 Å². The fraction of sp³-hybridized carbons (Fsp3) is 0.632. The number of hydrogen-bond donors (Lipinski definition) is 1. The Kier molecular flexibility index (Phi) is 7.47. The van der Waals surface area contributed by atoms with Gasteiger partial charge in [-0.15, -0.1) is 0 Å². The third-order valence-corrected chi connectivity index (χ3v) is 7.13. The number of benzene rings is 1. The largest absolute Gasteiger partial charge is 0.355 e. The number of carbonyl (C=O) groups excluding carboxylic acids is 1. The first-order chi connectivity index (χ1) is 12.5. The lowest BCUT2D eigenvalue weighted by molar-refractivity contribution is -0.126. The van der Waals surface area contributed by atoms with Crippen molar-refractivity contribution in [3.05, 3.63) is 28.7 Å². The van der Waals surface area contributed by atoms with E-state index < -0.39 is 10.0 Å². The lowest BCUT2D eigenvalue weighted by Gasteiger charge is -2.32. The Morgan fingerprint density at radius 1 is 1.30 bits per heavy atom. The minimum Gasteiger partial charge on any atom is -0.355 e. The summed E-state index contributed by atoms with van der Waals surface area (Å²) in [6.07, 6.45) is 1.10. The Balaban J connectivity index is 1.90. The summed E-state index contributed by atoms with van der Waals surface area (Å²) in [5.74, 6) is -0.101. The summed E-state index contributed by atoms with van der Waals surface area (Å²) in [4.78, 5) is 14.9. The molecule has 0 aromatic heterocycles. The Labute approximate surface area is 171 Å². The lowest BCUT2D eigenvalue weighted by atomic mass is 9.91. The summed E-state index contributed by atoms with van der Waals surface area (Å²) >= 11 is 3.32. The van der Waals surface area contributed by atoms with E-state index >= 15 is 0 Å². The maximum Gasteiger partial charge on any atom is 0.243 e. The number of hydrogen-bond acceptors (Lipinski definition) is 4. The maximum absolute atomic E-state index is 12.8. The molecule has 0 saturated carbocycles. The third kappa shape index (κ3) is 6.27. The fourth-order valence-corrected chi connectivity index (χ4v) is 5.58. The molecule has 8 heteroatoms. The van der Waals surface area contributed by atoms with E-state index in [1.807, 2.05) is 14.1 Å². The standard InChI is InChI=1S/C19H30BrN3O3S/c1-19(2,14-22(3)4)13-21-18(24)15-8-10-23(11-9-15)27(25,26)17-7-5-6-16(20)12-17/h5-7,12,15H,8-11,13-14H2,1-4H3,(H,21,24). The SMILES string of the molecule is CN(C)CC(C)(C)CNC(=O)C1CCN(S(=O)(=O)c2cccc(Br)c2)CC1. The molecule has 0 spiro atoms. The molecule has 0 atom stereocenters. The molecule has 0 aliphatic carbocycles. The molecule has 0 unspecified atom stereocenters. The number of piperidine rings is 1. The molecule has 1 aromatic rings. The van der Waals surface area contributed by atoms with Crippen LogP contribution in [0.3, 0.4) is 0 Å². The minimum atomic E-state index is -3.52. The van der Waals surface area contributed by atoms with Crippen LogP contribution in [0.15, 0.2) is 33.6 Å². The van der Waals surface area contributed by atoms with E-state index in [-0.39, 0.29) is 22.1 Å². The van der Waals surface area contributed by atoms with Gasteiger partial charge < -0.3 is 10.2 Å². The first kappa shape index (κ1) is 22.3. The molecule has 6 nitrogen and oxygen atoms in total. The monoisotopic (exact) mass is 459 g/mol. The first-order valence-electron chi connectivity index (χ1n) is 9.19. The van der Waals surface area contributed by atoms with Crippen LogP contribution in [0.5, 0.6) is 0 Å². The molecule has 1 aromatic carbocycles. The Morgan fingerprint density at radius 2 is 1.93 bits per heavy atom. The molecule has 1 aliphatic heterocycles. The predicted octanol–water partition coefficient (Wildman–Crippen LogP) is 2.55. The zero-order valence-electron chi connectivity index (χ0n) is 16.5. The van der Waals surface area contributed by atoms with Crippen molar-refractivity contribution in [2.75, 3.05) is 40.3 Å². The molecular weight excluding hydrogens is 430 g/mol. The van der Waals surface area contributed by atoms with Crippen molar-refractivity contribution in [3.63, 3.8) is 0 Å². The molecule has 2 rings (SSSR count). The number of halogens is 1. The predicted molar refractivity (Wildman–Crippen MR) is 111 cm³/mol. The number of nitrogens with zero attached hydrogens (tertiary/aromatic N) is 2. The van der Waals surface area contributed by atoms with Crippen molar-refractivity contribution in [2.24, 2.45) is 11.3 Å². The van der Waals surface area contributed by atoms with Gasteiger partial charge in [0, 0.05) is 36.6 Å². The molecular formula is C19H30BrN3O3S. The van der Waals surface area contributed by atoms with Crippen molar-refractivity contribution >= 4 is 31.9 Å². The highest BCUT2D eigenvalue weighted by molar-refractivity contribution is 9.10. The first-order valence-corrected chi connectivity index (χ1v) is 11.4. The summed E-state index contributed by atoms with van der Waals surface area (Å²) in [6, 6.07) is 6.73. The molecule has 1 aliphatic rings. The van der Waals surface area contributed by atoms with Gasteiger partial charge in [-0.3, -0.25) is 4.79 Å². The second kappa shape index (κ2) is 9.03. The van der Waals surface area contributed by atoms with E-state index in [1.54, 1.807) is 24.3 Å². The van der Waals surface area contributed by atoms with Crippen LogP contribution in [-0.4, -0.2) is 63.8 Å². The second-order valence-electron chi connectivity index (χ2n) is 8.26. The molecule has 1 N–H and O–H groups in total. The molecule has 1 saturated heterocycles. The van der Waals surface area contributed by atoms with Gasteiger partial charge in [0.05, 0.1) is 4.90 Å². The minimum absolute atomic E-state index is 0.0100. The maximum atomic E-state index is 12.8. The zero-order chi connectivity index (χ0) is 20.2. The van der Waals surface area contributed by atoms with Gasteiger partial charge in [0.2, 0.25) is 15.9 Å². The van der Waals surface area contributed by atoms with Gasteiger partial charge in [-0.05, 0) is 50.6 Å². The quantitative estimate of drug-likeness (QED) is 0.679. The van der Waals surface area contributed by atoms with Gasteiger partial charge in [0.15, 0.2) is 0 Å². The fourth-order valence-electron chi connectivity index (χ4n) is 3.52. The van der Waals surface area contributed by atoms with Crippen LogP contribution in [0.4, 0.5) is 0 Å². The van der Waals surface area contributed by atoms with Crippen LogP contribution >= 0.6 is 15.9 Å². The van der Waals surface area contributed by atoms with Gasteiger partial charge in [0.1, 0.15) is 0 Å². The highest BCUT2D eigenvalue weighted by Crippen LogP contribution is 2.26. The highest BCUT2D eigenvalue weighted by atomic mass is 79.9. The number of carbonyl (C=O) groups is 1. The molecule has 1 amide bonds. The Hall–Kier alpha value is -0.960. The topological polar surface area (TPSA) is 69.7 Å². The molecule has 0 bridgehead atoms. The average molecular weight is 460 g/mol. The van der Waals surface area contributed by atoms with Crippen LogP contribution in [0.1, 0.15) is 26.7 Å². The number of nitrogens with one attached hydrogen (secondary N) is 1. The van der Waals surface area contributed by atoms with E-state index in [4.69, 9.17) is 0 Å². The smallest absolute Gasteiger partial charge is 0.243 e. The van der Waals surface area contributed by atoms with Gasteiger partial charge in [-0.25, -0.2) is 8.42 Å². The molecule has 152 valence electrons. The summed E-state index contributed by atoms with van der Waals surface area (Å²) in [5.41, 5.74) is -0.0100. The van der Waals surface area contributed by atoms with Crippen molar-refractivity contribution in [3.8, 4) is 0 Å². The van der Waals surface area contributed by atoms with Gasteiger partial charge in [0.25, 0.3) is 0 Å². The number of sulfonamides is 1. The lowest BCUT2D eigenvalue weighted by Crippen LogP contribution is -2.45. The van der Waals surface area contributed by atoms with Crippen LogP contribution < -0.4 is 5.32 Å². The van der Waals surface area contributed by atoms with E-state index in [0.717, 1.165) is 11.0 Å². The van der Waals surface area contributed by atoms with Crippen molar-refractivity contribution in [1.29, 1.82) is 0 Å². The van der Waals surface area contributed by atoms with Crippen LogP contribution in [0.25, 0.3) is 0 Å². The van der Waals surface area contributed by atoms with Crippen LogP contribution in [-0.2, 0) is 14.8 Å². The van der Waals surface area contributed by atoms with Crippen molar-refractivity contribution in [2.45, 2.75) is 31.6 Å². The second-order valence-corrected chi connectivity index (χ2v) is 11.1. The van der Waals surface area contributed by atoms with Gasteiger partial charge in [-0.1, -0.05) is 35.8 Å². The summed E-state index contributed by atoms with van der Waals surface area (Å²) < 4.78 is 27.8. The summed E-state index contributed by atoms with van der Waals surface area (Å²) in [6.45, 7) is 6.49. The van der Waals surface area contributed by atoms with E-state index in [2.05, 4.69) is 40.0 Å². The average Bonchev–Trinajstić information content (AvgIpc) is 2.59. The van der Waals surface area contributed by atoms with Crippen molar-refractivity contribution in [1.82, 2.24) is 14.5 Å². The number of rotatable bonds is 7. The Morgan fingerprint density at radius 3 is 2.48 bits per heavy atom.